The van der Waals surface area contributed by atoms with Gasteiger partial charge in [-0.3, -0.25) is 4.79 Å². The highest BCUT2D eigenvalue weighted by Gasteiger charge is 2.16. The lowest BCUT2D eigenvalue weighted by Crippen LogP contribution is -2.02. The molecule has 0 aliphatic heterocycles. The van der Waals surface area contributed by atoms with Crippen LogP contribution in [-0.4, -0.2) is 10.9 Å². The molecule has 0 spiro atoms. The molecule has 0 aliphatic rings. The molecule has 0 bridgehead atoms. The lowest BCUT2D eigenvalue weighted by molar-refractivity contribution is 0.103. The molecule has 3 aromatic rings. The van der Waals surface area contributed by atoms with Crippen molar-refractivity contribution in [3.8, 4) is 17.2 Å². The number of carbonyl (C=O) groups is 1. The molecule has 25 heavy (non-hydrogen) atoms. The number of carbonyl (C=O) groups excluding carboxylic acids is 1. The highest BCUT2D eigenvalue weighted by Crippen LogP contribution is 2.37. The van der Waals surface area contributed by atoms with Gasteiger partial charge in [-0.05, 0) is 54.6 Å². The largest absolute Gasteiger partial charge is 0.507 e. The van der Waals surface area contributed by atoms with Crippen LogP contribution in [0.15, 0.2) is 60.7 Å². The van der Waals surface area contributed by atoms with E-state index in [2.05, 4.69) is 0 Å². The number of rotatable bonds is 4. The summed E-state index contributed by atoms with van der Waals surface area (Å²) in [7, 11) is 0. The van der Waals surface area contributed by atoms with Crippen LogP contribution in [0.1, 0.15) is 15.9 Å². The van der Waals surface area contributed by atoms with Crippen molar-refractivity contribution in [1.29, 1.82) is 0 Å². The van der Waals surface area contributed by atoms with Gasteiger partial charge in [0.2, 0.25) is 0 Å². The number of ether oxygens (including phenoxy) is 1. The van der Waals surface area contributed by atoms with Crippen molar-refractivity contribution in [2.24, 2.45) is 0 Å². The van der Waals surface area contributed by atoms with Crippen LogP contribution in [0.2, 0.25) is 10.0 Å². The molecule has 1 N–H and O–H groups in total. The van der Waals surface area contributed by atoms with E-state index in [1.54, 1.807) is 18.2 Å². The molecule has 0 fully saturated rings. The van der Waals surface area contributed by atoms with Crippen LogP contribution in [0.25, 0.3) is 0 Å². The lowest BCUT2D eigenvalue weighted by Gasteiger charge is -2.11. The topological polar surface area (TPSA) is 46.5 Å². The molecule has 3 rings (SSSR count). The first kappa shape index (κ1) is 17.3. The minimum Gasteiger partial charge on any atom is -0.507 e. The Labute approximate surface area is 153 Å². The number of hydrogen-bond donors (Lipinski definition) is 1. The summed E-state index contributed by atoms with van der Waals surface area (Å²) in [5.74, 6) is -0.610. The standard InChI is InChI=1S/C19H11Cl2FO3/c20-15-2-1-3-16(21)19(15)25-13-8-9-17(23)14(10-13)18(24)11-4-6-12(22)7-5-11/h1-10,23H. The predicted octanol–water partition coefficient (Wildman–Crippen LogP) is 5.86. The van der Waals surface area contributed by atoms with Crippen molar-refractivity contribution < 1.29 is 19.0 Å². The second-order valence-corrected chi connectivity index (χ2v) is 5.98. The van der Waals surface area contributed by atoms with E-state index >= 15 is 0 Å². The molecule has 0 saturated heterocycles. The van der Waals surface area contributed by atoms with E-state index in [9.17, 15) is 14.3 Å². The van der Waals surface area contributed by atoms with E-state index < -0.39 is 11.6 Å². The first-order valence-corrected chi connectivity index (χ1v) is 7.96. The van der Waals surface area contributed by atoms with Crippen LogP contribution in [0.5, 0.6) is 17.2 Å². The summed E-state index contributed by atoms with van der Waals surface area (Å²) in [5.41, 5.74) is 0.261. The number of phenolic OH excluding ortho intramolecular Hbond substituents is 1. The summed E-state index contributed by atoms with van der Waals surface area (Å²) >= 11 is 12.1. The average Bonchev–Trinajstić information content (AvgIpc) is 2.60. The van der Waals surface area contributed by atoms with Crippen molar-refractivity contribution in [2.75, 3.05) is 0 Å². The van der Waals surface area contributed by atoms with Gasteiger partial charge in [-0.1, -0.05) is 29.3 Å². The highest BCUT2D eigenvalue weighted by atomic mass is 35.5. The van der Waals surface area contributed by atoms with Crippen LogP contribution in [0.3, 0.4) is 0 Å². The monoisotopic (exact) mass is 376 g/mol. The Morgan fingerprint density at radius 1 is 0.960 bits per heavy atom. The van der Waals surface area contributed by atoms with Crippen molar-refractivity contribution in [3.05, 3.63) is 87.7 Å². The normalized spacial score (nSPS) is 10.5. The maximum absolute atomic E-state index is 13.0. The molecule has 0 unspecified atom stereocenters. The zero-order valence-electron chi connectivity index (χ0n) is 12.7. The fraction of sp³-hybridized carbons (Fsp3) is 0. The maximum atomic E-state index is 13.0. The van der Waals surface area contributed by atoms with Gasteiger partial charge < -0.3 is 9.84 Å². The molecule has 0 amide bonds. The first-order chi connectivity index (χ1) is 12.0. The number of hydrogen-bond acceptors (Lipinski definition) is 3. The predicted molar refractivity (Wildman–Crippen MR) is 94.5 cm³/mol. The average molecular weight is 377 g/mol. The van der Waals surface area contributed by atoms with Crippen molar-refractivity contribution >= 4 is 29.0 Å². The Morgan fingerprint density at radius 2 is 1.60 bits per heavy atom. The van der Waals surface area contributed by atoms with Crippen LogP contribution < -0.4 is 4.74 Å². The fourth-order valence-corrected chi connectivity index (χ4v) is 2.69. The Kier molecular flexibility index (Phi) is 4.93. The molecular formula is C19H11Cl2FO3. The minimum absolute atomic E-state index is 0.0206. The van der Waals surface area contributed by atoms with E-state index in [-0.39, 0.29) is 28.4 Å². The number of phenols is 1. The molecule has 126 valence electrons. The molecule has 0 aliphatic carbocycles. The molecule has 0 radical (unpaired) electrons. The molecule has 0 atom stereocenters. The summed E-state index contributed by atoms with van der Waals surface area (Å²) in [6.45, 7) is 0. The Balaban J connectivity index is 1.95. The summed E-state index contributed by atoms with van der Waals surface area (Å²) in [5, 5.41) is 10.6. The number of benzene rings is 3. The SMILES string of the molecule is O=C(c1ccc(F)cc1)c1cc(Oc2c(Cl)cccc2Cl)ccc1O. The van der Waals surface area contributed by atoms with Gasteiger partial charge in [0.15, 0.2) is 11.5 Å². The third-order valence-electron chi connectivity index (χ3n) is 3.46. The molecular weight excluding hydrogens is 366 g/mol. The quantitative estimate of drug-likeness (QED) is 0.579. The summed E-state index contributed by atoms with van der Waals surface area (Å²) in [4.78, 5) is 12.5. The van der Waals surface area contributed by atoms with Crippen molar-refractivity contribution in [3.63, 3.8) is 0 Å². The number of halogens is 3. The van der Waals surface area contributed by atoms with Crippen LogP contribution in [0, 0.1) is 5.82 Å². The molecule has 3 aromatic carbocycles. The third kappa shape index (κ3) is 3.76. The third-order valence-corrected chi connectivity index (χ3v) is 4.05. The van der Waals surface area contributed by atoms with E-state index in [0.717, 1.165) is 0 Å². The highest BCUT2D eigenvalue weighted by molar-refractivity contribution is 6.37. The first-order valence-electron chi connectivity index (χ1n) is 7.21. The van der Waals surface area contributed by atoms with Gasteiger partial charge in [0.05, 0.1) is 15.6 Å². The smallest absolute Gasteiger partial charge is 0.196 e. The molecule has 0 heterocycles. The van der Waals surface area contributed by atoms with E-state index in [1.165, 1.54) is 42.5 Å². The Hall–Kier alpha value is -2.56. The van der Waals surface area contributed by atoms with E-state index in [0.29, 0.717) is 10.0 Å². The van der Waals surface area contributed by atoms with Gasteiger partial charge in [-0.25, -0.2) is 4.39 Å². The van der Waals surface area contributed by atoms with Crippen LogP contribution in [-0.2, 0) is 0 Å². The summed E-state index contributed by atoms with van der Waals surface area (Å²) in [6.07, 6.45) is 0. The fourth-order valence-electron chi connectivity index (χ4n) is 2.22. The molecule has 6 heteroatoms. The number of aromatic hydroxyl groups is 1. The molecule has 0 aromatic heterocycles. The van der Waals surface area contributed by atoms with Gasteiger partial charge >= 0.3 is 0 Å². The molecule has 3 nitrogen and oxygen atoms in total. The van der Waals surface area contributed by atoms with Crippen LogP contribution in [0.4, 0.5) is 4.39 Å². The van der Waals surface area contributed by atoms with Gasteiger partial charge in [0.1, 0.15) is 17.3 Å². The second kappa shape index (κ2) is 7.13. The summed E-state index contributed by atoms with van der Waals surface area (Å²) < 4.78 is 18.7. The van der Waals surface area contributed by atoms with Gasteiger partial charge in [-0.15, -0.1) is 0 Å². The van der Waals surface area contributed by atoms with Gasteiger partial charge in [0, 0.05) is 5.56 Å². The number of para-hydroxylation sites is 1. The Morgan fingerprint density at radius 3 is 2.24 bits per heavy atom. The number of ketones is 1. The zero-order valence-corrected chi connectivity index (χ0v) is 14.2. The van der Waals surface area contributed by atoms with Gasteiger partial charge in [0.25, 0.3) is 0 Å². The van der Waals surface area contributed by atoms with E-state index in [4.69, 9.17) is 27.9 Å². The Bertz CT molecular complexity index is 920. The molecule has 0 saturated carbocycles. The zero-order chi connectivity index (χ0) is 18.0. The maximum Gasteiger partial charge on any atom is 0.196 e. The van der Waals surface area contributed by atoms with Gasteiger partial charge in [-0.2, -0.15) is 0 Å². The van der Waals surface area contributed by atoms with E-state index in [1.807, 2.05) is 0 Å². The summed E-state index contributed by atoms with van der Waals surface area (Å²) in [6, 6.07) is 14.1. The minimum atomic E-state index is -0.465. The second-order valence-electron chi connectivity index (χ2n) is 5.17. The van der Waals surface area contributed by atoms with Crippen molar-refractivity contribution in [1.82, 2.24) is 0 Å². The van der Waals surface area contributed by atoms with Crippen molar-refractivity contribution in [2.45, 2.75) is 0 Å². The lowest BCUT2D eigenvalue weighted by atomic mass is 10.0. The van der Waals surface area contributed by atoms with Crippen LogP contribution >= 0.6 is 23.2 Å².